The summed E-state index contributed by atoms with van der Waals surface area (Å²) < 4.78 is 14.3. The van der Waals surface area contributed by atoms with Crippen LogP contribution in [0.15, 0.2) is 29.5 Å². The standard InChI is InChI=1S/C16H15FN6/c1-22-5-7-23(8-6-22)16-13(17)3-2-4-14(16)21-15(11-20)12(9-18)10-19/h2-4,21H,5-8H2,1H3. The fraction of sp³-hybridized carbons (Fsp3) is 0.312. The number of allylic oxidation sites excluding steroid dienone is 2. The highest BCUT2D eigenvalue weighted by atomic mass is 19.1. The van der Waals surface area contributed by atoms with Crippen LogP contribution in [0.5, 0.6) is 0 Å². The number of nitrogens with zero attached hydrogens (tertiary/aromatic N) is 5. The molecule has 0 atom stereocenters. The van der Waals surface area contributed by atoms with Gasteiger partial charge in [0.05, 0.1) is 11.4 Å². The number of halogens is 1. The molecule has 1 saturated heterocycles. The van der Waals surface area contributed by atoms with Crippen LogP contribution in [0.4, 0.5) is 15.8 Å². The molecule has 0 amide bonds. The van der Waals surface area contributed by atoms with Crippen molar-refractivity contribution >= 4 is 11.4 Å². The van der Waals surface area contributed by atoms with Gasteiger partial charge in [-0.3, -0.25) is 0 Å². The van der Waals surface area contributed by atoms with E-state index in [1.807, 2.05) is 11.9 Å². The maximum atomic E-state index is 14.3. The second-order valence-corrected chi connectivity index (χ2v) is 5.14. The predicted octanol–water partition coefficient (Wildman–Crippen LogP) is 1.81. The Bertz CT molecular complexity index is 725. The number of hydrogen-bond acceptors (Lipinski definition) is 6. The molecule has 1 aliphatic rings. The molecule has 0 bridgehead atoms. The summed E-state index contributed by atoms with van der Waals surface area (Å²) in [6, 6.07) is 9.60. The molecule has 23 heavy (non-hydrogen) atoms. The van der Waals surface area contributed by atoms with Crippen molar-refractivity contribution in [2.45, 2.75) is 0 Å². The molecule has 6 nitrogen and oxygen atoms in total. The largest absolute Gasteiger partial charge is 0.365 e. The summed E-state index contributed by atoms with van der Waals surface area (Å²) in [7, 11) is 2.00. The zero-order valence-corrected chi connectivity index (χ0v) is 12.7. The van der Waals surface area contributed by atoms with Crippen LogP contribution in [0.2, 0.25) is 0 Å². The first kappa shape index (κ1) is 16.3. The summed E-state index contributed by atoms with van der Waals surface area (Å²) in [6.07, 6.45) is 0. The molecule has 1 N–H and O–H groups in total. The molecular weight excluding hydrogens is 295 g/mol. The number of hydrogen-bond donors (Lipinski definition) is 1. The Labute approximate surface area is 134 Å². The van der Waals surface area contributed by atoms with Crippen molar-refractivity contribution < 1.29 is 4.39 Å². The van der Waals surface area contributed by atoms with E-state index in [2.05, 4.69) is 10.2 Å². The van der Waals surface area contributed by atoms with Crippen molar-refractivity contribution in [1.29, 1.82) is 15.8 Å². The third-order valence-electron chi connectivity index (χ3n) is 3.65. The number of piperazine rings is 1. The lowest BCUT2D eigenvalue weighted by molar-refractivity contribution is 0.312. The summed E-state index contributed by atoms with van der Waals surface area (Å²) >= 11 is 0. The lowest BCUT2D eigenvalue weighted by atomic mass is 10.1. The molecule has 7 heteroatoms. The Kier molecular flexibility index (Phi) is 5.15. The highest BCUT2D eigenvalue weighted by molar-refractivity contribution is 5.74. The number of likely N-dealkylation sites (N-methyl/N-ethyl adjacent to an activating group) is 1. The van der Waals surface area contributed by atoms with Crippen molar-refractivity contribution in [3.63, 3.8) is 0 Å². The first-order valence-electron chi connectivity index (χ1n) is 7.04. The van der Waals surface area contributed by atoms with Gasteiger partial charge in [-0.05, 0) is 19.2 Å². The van der Waals surface area contributed by atoms with Crippen LogP contribution in [-0.4, -0.2) is 38.1 Å². The molecule has 116 valence electrons. The van der Waals surface area contributed by atoms with Crippen LogP contribution >= 0.6 is 0 Å². The van der Waals surface area contributed by atoms with Gasteiger partial charge in [-0.2, -0.15) is 15.8 Å². The molecule has 1 heterocycles. The minimum Gasteiger partial charge on any atom is -0.365 e. The molecule has 0 saturated carbocycles. The number of para-hydroxylation sites is 1. The van der Waals surface area contributed by atoms with Gasteiger partial charge in [-0.15, -0.1) is 0 Å². The van der Waals surface area contributed by atoms with E-state index < -0.39 is 5.82 Å². The molecule has 0 aliphatic carbocycles. The molecule has 2 rings (SSSR count). The third kappa shape index (κ3) is 3.58. The molecule has 0 radical (unpaired) electrons. The van der Waals surface area contributed by atoms with Gasteiger partial charge in [-0.25, -0.2) is 4.39 Å². The molecule has 0 spiro atoms. The van der Waals surface area contributed by atoms with Crippen molar-refractivity contribution in [3.8, 4) is 18.2 Å². The number of nitrogens with one attached hydrogen (secondary N) is 1. The smallest absolute Gasteiger partial charge is 0.163 e. The minimum atomic E-state index is -0.410. The molecular formula is C16H15FN6. The van der Waals surface area contributed by atoms with Gasteiger partial charge in [0.15, 0.2) is 5.57 Å². The summed E-state index contributed by atoms with van der Waals surface area (Å²) in [5, 5.41) is 29.7. The van der Waals surface area contributed by atoms with Crippen LogP contribution in [0, 0.1) is 39.8 Å². The monoisotopic (exact) mass is 310 g/mol. The average Bonchev–Trinajstić information content (AvgIpc) is 2.56. The normalized spacial score (nSPS) is 14.3. The quantitative estimate of drug-likeness (QED) is 0.856. The van der Waals surface area contributed by atoms with Gasteiger partial charge in [0.1, 0.15) is 29.7 Å². The molecule has 1 aromatic rings. The number of benzene rings is 1. The van der Waals surface area contributed by atoms with Gasteiger partial charge in [0, 0.05) is 26.2 Å². The van der Waals surface area contributed by atoms with Crippen molar-refractivity contribution in [1.82, 2.24) is 4.90 Å². The SMILES string of the molecule is CN1CCN(c2c(F)cccc2NC(C#N)=C(C#N)C#N)CC1. The van der Waals surface area contributed by atoms with E-state index in [0.29, 0.717) is 24.5 Å². The molecule has 0 unspecified atom stereocenters. The molecule has 1 aliphatic heterocycles. The van der Waals surface area contributed by atoms with E-state index >= 15 is 0 Å². The predicted molar refractivity (Wildman–Crippen MR) is 83.6 cm³/mol. The van der Waals surface area contributed by atoms with Crippen LogP contribution < -0.4 is 10.2 Å². The summed E-state index contributed by atoms with van der Waals surface area (Å²) in [6.45, 7) is 2.91. The Morgan fingerprint density at radius 3 is 2.30 bits per heavy atom. The average molecular weight is 310 g/mol. The van der Waals surface area contributed by atoms with Crippen LogP contribution in [0.1, 0.15) is 0 Å². The fourth-order valence-corrected chi connectivity index (χ4v) is 2.39. The summed E-state index contributed by atoms with van der Waals surface area (Å²) in [5.74, 6) is -0.410. The van der Waals surface area contributed by atoms with Crippen molar-refractivity contribution in [2.75, 3.05) is 43.4 Å². The van der Waals surface area contributed by atoms with E-state index in [4.69, 9.17) is 15.8 Å². The van der Waals surface area contributed by atoms with Gasteiger partial charge in [0.25, 0.3) is 0 Å². The Morgan fingerprint density at radius 2 is 1.74 bits per heavy atom. The Morgan fingerprint density at radius 1 is 1.09 bits per heavy atom. The van der Waals surface area contributed by atoms with E-state index in [0.717, 1.165) is 13.1 Å². The number of nitriles is 3. The molecule has 1 aromatic carbocycles. The molecule has 1 fully saturated rings. The van der Waals surface area contributed by atoms with Gasteiger partial charge >= 0.3 is 0 Å². The van der Waals surface area contributed by atoms with E-state index in [1.54, 1.807) is 24.3 Å². The van der Waals surface area contributed by atoms with Crippen LogP contribution in [0.25, 0.3) is 0 Å². The lowest BCUT2D eigenvalue weighted by Gasteiger charge is -2.35. The molecule has 0 aromatic heterocycles. The highest BCUT2D eigenvalue weighted by Crippen LogP contribution is 2.31. The summed E-state index contributed by atoms with van der Waals surface area (Å²) in [4.78, 5) is 4.04. The second kappa shape index (κ2) is 7.26. The topological polar surface area (TPSA) is 89.9 Å². The first-order valence-corrected chi connectivity index (χ1v) is 7.04. The Hall–Kier alpha value is -3.08. The van der Waals surface area contributed by atoms with Gasteiger partial charge in [-0.1, -0.05) is 6.07 Å². The van der Waals surface area contributed by atoms with E-state index in [1.165, 1.54) is 12.1 Å². The van der Waals surface area contributed by atoms with Gasteiger partial charge in [0.2, 0.25) is 0 Å². The van der Waals surface area contributed by atoms with Crippen molar-refractivity contribution in [2.24, 2.45) is 0 Å². The fourth-order valence-electron chi connectivity index (χ4n) is 2.39. The van der Waals surface area contributed by atoms with E-state index in [-0.39, 0.29) is 11.3 Å². The first-order chi connectivity index (χ1) is 11.1. The van der Waals surface area contributed by atoms with E-state index in [9.17, 15) is 4.39 Å². The lowest BCUT2D eigenvalue weighted by Crippen LogP contribution is -2.45. The highest BCUT2D eigenvalue weighted by Gasteiger charge is 2.21. The van der Waals surface area contributed by atoms with Crippen LogP contribution in [-0.2, 0) is 0 Å². The zero-order valence-electron chi connectivity index (χ0n) is 12.7. The number of rotatable bonds is 3. The number of anilines is 2. The third-order valence-corrected chi connectivity index (χ3v) is 3.65. The maximum Gasteiger partial charge on any atom is 0.163 e. The Balaban J connectivity index is 2.40. The van der Waals surface area contributed by atoms with Gasteiger partial charge < -0.3 is 15.1 Å². The minimum absolute atomic E-state index is 0.184. The summed E-state index contributed by atoms with van der Waals surface area (Å²) in [5.41, 5.74) is 0.203. The zero-order chi connectivity index (χ0) is 16.8. The van der Waals surface area contributed by atoms with Crippen LogP contribution in [0.3, 0.4) is 0 Å². The second-order valence-electron chi connectivity index (χ2n) is 5.14. The maximum absolute atomic E-state index is 14.3. The van der Waals surface area contributed by atoms with Crippen molar-refractivity contribution in [3.05, 3.63) is 35.3 Å².